The molecule has 1 heterocycles. The Bertz CT molecular complexity index is 623. The summed E-state index contributed by atoms with van der Waals surface area (Å²) in [5.41, 5.74) is 0.994. The van der Waals surface area contributed by atoms with Crippen molar-refractivity contribution in [2.45, 2.75) is 18.4 Å². The number of rotatable bonds is 6. The highest BCUT2D eigenvalue weighted by molar-refractivity contribution is 5.41. The molecular weight excluding hydrogens is 273 g/mol. The second-order valence-electron chi connectivity index (χ2n) is 4.96. The van der Waals surface area contributed by atoms with Crippen LogP contribution in [-0.2, 0) is 0 Å². The zero-order valence-electron chi connectivity index (χ0n) is 11.4. The van der Waals surface area contributed by atoms with E-state index < -0.39 is 0 Å². The minimum Gasteiger partial charge on any atom is -0.474 e. The number of halogens is 1. The number of anilines is 1. The first-order valence-corrected chi connectivity index (χ1v) is 6.84. The summed E-state index contributed by atoms with van der Waals surface area (Å²) in [5.74, 6) is 1.08. The molecule has 1 saturated carbocycles. The van der Waals surface area contributed by atoms with Gasteiger partial charge < -0.3 is 15.2 Å². The van der Waals surface area contributed by atoms with Gasteiger partial charge >= 0.3 is 0 Å². The van der Waals surface area contributed by atoms with Gasteiger partial charge in [0.25, 0.3) is 0 Å². The number of nitrogens with zero attached hydrogens (tertiary/aromatic N) is 2. The fourth-order valence-electron chi connectivity index (χ4n) is 2.29. The summed E-state index contributed by atoms with van der Waals surface area (Å²) in [6, 6.07) is 6.90. The summed E-state index contributed by atoms with van der Waals surface area (Å²) in [5, 5.41) is 12.0. The summed E-state index contributed by atoms with van der Waals surface area (Å²) >= 11 is 0. The molecule has 0 bridgehead atoms. The third kappa shape index (κ3) is 3.46. The van der Waals surface area contributed by atoms with Crippen molar-refractivity contribution in [2.24, 2.45) is 0 Å². The number of aliphatic hydroxyl groups excluding tert-OH is 1. The minimum absolute atomic E-state index is 0.0659. The normalized spacial score (nSPS) is 20.1. The van der Waals surface area contributed by atoms with Gasteiger partial charge in [-0.15, -0.1) is 0 Å². The van der Waals surface area contributed by atoms with Gasteiger partial charge in [-0.1, -0.05) is 12.1 Å². The fourth-order valence-corrected chi connectivity index (χ4v) is 2.29. The number of hydrogen-bond acceptors (Lipinski definition) is 5. The Morgan fingerprint density at radius 3 is 3.10 bits per heavy atom. The van der Waals surface area contributed by atoms with Gasteiger partial charge in [-0.05, 0) is 24.1 Å². The zero-order chi connectivity index (χ0) is 14.7. The monoisotopic (exact) mass is 289 g/mol. The van der Waals surface area contributed by atoms with E-state index in [1.54, 1.807) is 18.3 Å². The number of nitrogens with one attached hydrogen (secondary N) is 1. The molecule has 110 valence electrons. The molecule has 1 fully saturated rings. The van der Waals surface area contributed by atoms with E-state index in [2.05, 4.69) is 15.3 Å². The quantitative estimate of drug-likeness (QED) is 0.851. The maximum absolute atomic E-state index is 13.2. The van der Waals surface area contributed by atoms with Gasteiger partial charge in [0, 0.05) is 12.0 Å². The molecule has 0 unspecified atom stereocenters. The predicted octanol–water partition coefficient (Wildman–Crippen LogP) is 1.95. The highest BCUT2D eigenvalue weighted by Crippen LogP contribution is 2.42. The maximum Gasteiger partial charge on any atom is 0.234 e. The van der Waals surface area contributed by atoms with Crippen molar-refractivity contribution >= 4 is 5.82 Å². The van der Waals surface area contributed by atoms with E-state index in [9.17, 15) is 4.39 Å². The second kappa shape index (κ2) is 6.05. The molecule has 0 radical (unpaired) electrons. The number of benzene rings is 1. The number of ether oxygens (including phenoxy) is 1. The summed E-state index contributed by atoms with van der Waals surface area (Å²) in [6.07, 6.45) is 4.05. The Balaban J connectivity index is 1.61. The predicted molar refractivity (Wildman–Crippen MR) is 75.8 cm³/mol. The van der Waals surface area contributed by atoms with Crippen LogP contribution in [0.4, 0.5) is 10.2 Å². The Labute approximate surface area is 121 Å². The second-order valence-corrected chi connectivity index (χ2v) is 4.96. The van der Waals surface area contributed by atoms with Crippen LogP contribution in [0.2, 0.25) is 0 Å². The molecule has 2 aromatic rings. The summed E-state index contributed by atoms with van der Waals surface area (Å²) in [4.78, 5) is 8.29. The highest BCUT2D eigenvalue weighted by Gasteiger charge is 2.38. The van der Waals surface area contributed by atoms with E-state index >= 15 is 0 Å². The van der Waals surface area contributed by atoms with E-state index in [1.165, 1.54) is 12.3 Å². The Hall–Kier alpha value is -2.21. The lowest BCUT2D eigenvalue weighted by atomic mass is 10.1. The van der Waals surface area contributed by atoms with Crippen molar-refractivity contribution in [1.82, 2.24) is 9.97 Å². The van der Waals surface area contributed by atoms with E-state index in [1.807, 2.05) is 6.07 Å². The van der Waals surface area contributed by atoms with Crippen molar-refractivity contribution < 1.29 is 14.2 Å². The molecule has 5 nitrogen and oxygen atoms in total. The fraction of sp³-hybridized carbons (Fsp3) is 0.333. The van der Waals surface area contributed by atoms with Gasteiger partial charge in [-0.25, -0.2) is 4.39 Å². The molecule has 0 aliphatic heterocycles. The van der Waals surface area contributed by atoms with Crippen molar-refractivity contribution in [1.29, 1.82) is 0 Å². The van der Waals surface area contributed by atoms with Crippen molar-refractivity contribution in [3.8, 4) is 5.88 Å². The molecule has 0 spiro atoms. The lowest BCUT2D eigenvalue weighted by Gasteiger charge is -2.07. The lowest BCUT2D eigenvalue weighted by molar-refractivity contribution is 0.196. The Morgan fingerprint density at radius 1 is 1.38 bits per heavy atom. The van der Waals surface area contributed by atoms with E-state index in [0.29, 0.717) is 17.6 Å². The van der Waals surface area contributed by atoms with Gasteiger partial charge in [0.2, 0.25) is 5.88 Å². The van der Waals surface area contributed by atoms with Gasteiger partial charge in [0.05, 0.1) is 19.0 Å². The Kier molecular flexibility index (Phi) is 3.96. The van der Waals surface area contributed by atoms with Crippen LogP contribution in [0.25, 0.3) is 0 Å². The molecular formula is C15H16FN3O2. The summed E-state index contributed by atoms with van der Waals surface area (Å²) in [7, 11) is 0. The van der Waals surface area contributed by atoms with Crippen LogP contribution in [-0.4, -0.2) is 34.3 Å². The highest BCUT2D eigenvalue weighted by atomic mass is 19.1. The molecule has 3 rings (SSSR count). The number of aromatic nitrogens is 2. The smallest absolute Gasteiger partial charge is 0.234 e. The van der Waals surface area contributed by atoms with Crippen LogP contribution in [0.5, 0.6) is 5.88 Å². The summed E-state index contributed by atoms with van der Waals surface area (Å²) < 4.78 is 18.4. The SMILES string of the molecule is OCCOc1cncc(N[C@@H]2C[C@H]2c2cccc(F)c2)n1. The maximum atomic E-state index is 13.2. The van der Waals surface area contributed by atoms with Crippen molar-refractivity contribution in [3.05, 3.63) is 48.0 Å². The molecule has 0 saturated heterocycles. The number of aliphatic hydroxyl groups is 1. The molecule has 2 N–H and O–H groups in total. The topological polar surface area (TPSA) is 67.3 Å². The van der Waals surface area contributed by atoms with Crippen molar-refractivity contribution in [2.75, 3.05) is 18.5 Å². The van der Waals surface area contributed by atoms with E-state index in [4.69, 9.17) is 9.84 Å². The molecule has 6 heteroatoms. The van der Waals surface area contributed by atoms with Crippen LogP contribution in [0.1, 0.15) is 17.9 Å². The van der Waals surface area contributed by atoms with E-state index in [-0.39, 0.29) is 25.1 Å². The minimum atomic E-state index is -0.211. The van der Waals surface area contributed by atoms with Crippen LogP contribution < -0.4 is 10.1 Å². The molecule has 1 aromatic carbocycles. The van der Waals surface area contributed by atoms with Gasteiger partial charge in [0.1, 0.15) is 18.2 Å². The summed E-state index contributed by atoms with van der Waals surface area (Å²) in [6.45, 7) is 0.122. The standard InChI is InChI=1S/C15H16FN3O2/c16-11-3-1-2-10(6-11)12-7-13(12)18-14-8-17-9-15(19-14)21-5-4-20/h1-3,6,8-9,12-13,20H,4-5,7H2,(H,18,19)/t12-,13+/m0/s1. The first kappa shape index (κ1) is 13.8. The van der Waals surface area contributed by atoms with Crippen LogP contribution >= 0.6 is 0 Å². The largest absolute Gasteiger partial charge is 0.474 e. The average Bonchev–Trinajstić information content (AvgIpc) is 3.25. The third-order valence-corrected chi connectivity index (χ3v) is 3.35. The third-order valence-electron chi connectivity index (χ3n) is 3.35. The molecule has 1 aromatic heterocycles. The van der Waals surface area contributed by atoms with Crippen LogP contribution in [0.3, 0.4) is 0 Å². The first-order valence-electron chi connectivity index (χ1n) is 6.84. The van der Waals surface area contributed by atoms with Gasteiger partial charge in [0.15, 0.2) is 0 Å². The van der Waals surface area contributed by atoms with Gasteiger partial charge in [-0.3, -0.25) is 4.98 Å². The van der Waals surface area contributed by atoms with Crippen LogP contribution in [0, 0.1) is 5.82 Å². The molecule has 0 amide bonds. The van der Waals surface area contributed by atoms with Crippen molar-refractivity contribution in [3.63, 3.8) is 0 Å². The zero-order valence-corrected chi connectivity index (χ0v) is 11.4. The first-order chi connectivity index (χ1) is 10.3. The average molecular weight is 289 g/mol. The van der Waals surface area contributed by atoms with Gasteiger partial charge in [-0.2, -0.15) is 4.98 Å². The van der Waals surface area contributed by atoms with E-state index in [0.717, 1.165) is 12.0 Å². The van der Waals surface area contributed by atoms with Crippen LogP contribution in [0.15, 0.2) is 36.7 Å². The molecule has 21 heavy (non-hydrogen) atoms. The number of hydrogen-bond donors (Lipinski definition) is 2. The lowest BCUT2D eigenvalue weighted by Crippen LogP contribution is -2.08. The molecule has 1 aliphatic rings. The molecule has 1 aliphatic carbocycles. The molecule has 2 atom stereocenters. The Morgan fingerprint density at radius 2 is 2.29 bits per heavy atom.